The molecule has 4 aliphatic carbocycles. The summed E-state index contributed by atoms with van der Waals surface area (Å²) in [5.74, 6) is 5.76. The van der Waals surface area contributed by atoms with Crippen molar-refractivity contribution in [3.8, 4) is 5.92 Å². The summed E-state index contributed by atoms with van der Waals surface area (Å²) < 4.78 is 0. The fraction of sp³-hybridized carbons (Fsp3) is 0.833. The second-order valence-corrected chi connectivity index (χ2v) is 5.32. The summed E-state index contributed by atoms with van der Waals surface area (Å²) >= 11 is 0. The molecule has 4 fully saturated rings. The van der Waals surface area contributed by atoms with Gasteiger partial charge in [0.15, 0.2) is 0 Å². The number of hydrogen-bond acceptors (Lipinski definition) is 0. The molecule has 4 saturated carbocycles. The van der Waals surface area contributed by atoms with Crippen LogP contribution in [0.25, 0.3) is 0 Å². The van der Waals surface area contributed by atoms with Crippen molar-refractivity contribution in [2.45, 2.75) is 38.5 Å². The molecule has 0 aliphatic heterocycles. The van der Waals surface area contributed by atoms with E-state index in [1.165, 1.54) is 38.5 Å². The molecule has 0 unspecified atom stereocenters. The largest absolute Gasteiger partial charge is 1.00 e. The van der Waals surface area contributed by atoms with Crippen molar-refractivity contribution < 1.29 is 18.9 Å². The second-order valence-electron chi connectivity index (χ2n) is 5.32. The molecule has 0 radical (unpaired) electrons. The van der Waals surface area contributed by atoms with Gasteiger partial charge in [0.25, 0.3) is 0 Å². The SMILES string of the molecule is [C-]#CC12CC3CC(CC(C3)C1)C2.[Li+]. The first kappa shape index (κ1) is 9.70. The summed E-state index contributed by atoms with van der Waals surface area (Å²) in [6.07, 6.45) is 15.7. The molecule has 0 aromatic carbocycles. The average molecular weight is 166 g/mol. The van der Waals surface area contributed by atoms with E-state index in [4.69, 9.17) is 6.42 Å². The molecule has 64 valence electrons. The van der Waals surface area contributed by atoms with Gasteiger partial charge in [-0.05, 0) is 61.7 Å². The Kier molecular flexibility index (Phi) is 2.30. The van der Waals surface area contributed by atoms with Crippen molar-refractivity contribution in [2.75, 3.05) is 0 Å². The Morgan fingerprint density at radius 3 is 1.62 bits per heavy atom. The zero-order chi connectivity index (χ0) is 8.18. The van der Waals surface area contributed by atoms with E-state index in [1.54, 1.807) is 0 Å². The van der Waals surface area contributed by atoms with Gasteiger partial charge < -0.3 is 12.3 Å². The van der Waals surface area contributed by atoms with Crippen LogP contribution in [0, 0.1) is 35.5 Å². The van der Waals surface area contributed by atoms with Crippen molar-refractivity contribution in [3.05, 3.63) is 6.42 Å². The van der Waals surface area contributed by atoms with Gasteiger partial charge in [-0.15, -0.1) is 0 Å². The smallest absolute Gasteiger partial charge is 0.693 e. The van der Waals surface area contributed by atoms with Gasteiger partial charge in [0.1, 0.15) is 0 Å². The molecule has 1 heteroatoms. The van der Waals surface area contributed by atoms with Crippen LogP contribution in [0.2, 0.25) is 0 Å². The predicted molar refractivity (Wildman–Crippen MR) is 47.7 cm³/mol. The summed E-state index contributed by atoms with van der Waals surface area (Å²) in [5.41, 5.74) is 0.259. The maximum absolute atomic E-state index is 7.43. The van der Waals surface area contributed by atoms with Gasteiger partial charge in [-0.3, -0.25) is 0 Å². The molecule has 0 N–H and O–H groups in total. The van der Waals surface area contributed by atoms with Crippen LogP contribution in [0.3, 0.4) is 0 Å². The Labute approximate surface area is 93.0 Å². The molecule has 0 spiro atoms. The predicted octanol–water partition coefficient (Wildman–Crippen LogP) is -0.203. The van der Waals surface area contributed by atoms with Crippen molar-refractivity contribution in [3.63, 3.8) is 0 Å². The van der Waals surface area contributed by atoms with E-state index >= 15 is 0 Å². The van der Waals surface area contributed by atoms with E-state index in [0.29, 0.717) is 0 Å². The molecule has 0 aromatic rings. The Bertz CT molecular complexity index is 213. The van der Waals surface area contributed by atoms with Crippen LogP contribution in [0.1, 0.15) is 38.5 Å². The van der Waals surface area contributed by atoms with Crippen molar-refractivity contribution in [2.24, 2.45) is 23.2 Å². The van der Waals surface area contributed by atoms with Gasteiger partial charge in [0.2, 0.25) is 0 Å². The molecule has 0 atom stereocenters. The molecule has 4 bridgehead atoms. The van der Waals surface area contributed by atoms with Crippen molar-refractivity contribution in [1.82, 2.24) is 0 Å². The van der Waals surface area contributed by atoms with Crippen LogP contribution in [0.4, 0.5) is 0 Å². The number of hydrogen-bond donors (Lipinski definition) is 0. The monoisotopic (exact) mass is 166 g/mol. The minimum Gasteiger partial charge on any atom is -0.693 e. The molecule has 13 heavy (non-hydrogen) atoms. The van der Waals surface area contributed by atoms with E-state index < -0.39 is 0 Å². The second kappa shape index (κ2) is 3.08. The summed E-state index contributed by atoms with van der Waals surface area (Å²) in [6, 6.07) is 0. The van der Waals surface area contributed by atoms with Crippen molar-refractivity contribution in [1.29, 1.82) is 0 Å². The molecule has 0 aromatic heterocycles. The summed E-state index contributed by atoms with van der Waals surface area (Å²) in [4.78, 5) is 0. The standard InChI is InChI=1S/C12H15.Li/c1-2-12-6-9-3-10(7-12)5-11(4-9)8-12;/h9-11H,3-8H2;/q-1;+1. The first-order chi connectivity index (χ1) is 5.80. The van der Waals surface area contributed by atoms with E-state index in [-0.39, 0.29) is 24.3 Å². The van der Waals surface area contributed by atoms with E-state index in [0.717, 1.165) is 17.8 Å². The quantitative estimate of drug-likeness (QED) is 0.265. The van der Waals surface area contributed by atoms with Gasteiger partial charge >= 0.3 is 18.9 Å². The molecule has 4 aliphatic rings. The minimum atomic E-state index is 0. The Hall–Kier alpha value is 0.157. The fourth-order valence-corrected chi connectivity index (χ4v) is 4.26. The van der Waals surface area contributed by atoms with E-state index in [2.05, 4.69) is 5.92 Å². The molecular weight excluding hydrogens is 151 g/mol. The third kappa shape index (κ3) is 1.38. The Morgan fingerprint density at radius 1 is 0.923 bits per heavy atom. The Balaban J connectivity index is 0.000000653. The fourth-order valence-electron chi connectivity index (χ4n) is 4.26. The Morgan fingerprint density at radius 2 is 1.31 bits per heavy atom. The van der Waals surface area contributed by atoms with Gasteiger partial charge in [0, 0.05) is 0 Å². The zero-order valence-corrected chi connectivity index (χ0v) is 8.47. The summed E-state index contributed by atoms with van der Waals surface area (Å²) in [5, 5.41) is 0. The topological polar surface area (TPSA) is 0 Å². The van der Waals surface area contributed by atoms with Crippen molar-refractivity contribution >= 4 is 0 Å². The molecule has 0 saturated heterocycles. The maximum atomic E-state index is 7.43. The summed E-state index contributed by atoms with van der Waals surface area (Å²) in [6.45, 7) is 0. The zero-order valence-electron chi connectivity index (χ0n) is 8.47. The van der Waals surface area contributed by atoms with Crippen LogP contribution in [-0.2, 0) is 0 Å². The third-order valence-corrected chi connectivity index (χ3v) is 4.30. The minimum absolute atomic E-state index is 0. The summed E-state index contributed by atoms with van der Waals surface area (Å²) in [7, 11) is 0. The average Bonchev–Trinajstić information content (AvgIpc) is 2.02. The van der Waals surface area contributed by atoms with E-state index in [1.807, 2.05) is 0 Å². The maximum Gasteiger partial charge on any atom is 1.00 e. The van der Waals surface area contributed by atoms with Crippen LogP contribution >= 0.6 is 0 Å². The third-order valence-electron chi connectivity index (χ3n) is 4.30. The molecule has 0 amide bonds. The van der Waals surface area contributed by atoms with Gasteiger partial charge in [-0.25, -0.2) is 0 Å². The first-order valence-corrected chi connectivity index (χ1v) is 5.23. The molecule has 0 heterocycles. The van der Waals surface area contributed by atoms with E-state index in [9.17, 15) is 0 Å². The molecular formula is C12H15Li. The van der Waals surface area contributed by atoms with Crippen LogP contribution in [-0.4, -0.2) is 0 Å². The molecule has 0 nitrogen and oxygen atoms in total. The van der Waals surface area contributed by atoms with Gasteiger partial charge in [-0.1, -0.05) is 0 Å². The molecule has 4 rings (SSSR count). The first-order valence-electron chi connectivity index (χ1n) is 5.23. The van der Waals surface area contributed by atoms with Crippen LogP contribution < -0.4 is 18.9 Å². The van der Waals surface area contributed by atoms with Gasteiger partial charge in [0.05, 0.1) is 0 Å². The van der Waals surface area contributed by atoms with Crippen LogP contribution in [0.15, 0.2) is 0 Å². The normalized spacial score (nSPS) is 51.2. The van der Waals surface area contributed by atoms with Crippen LogP contribution in [0.5, 0.6) is 0 Å². The number of rotatable bonds is 0. The van der Waals surface area contributed by atoms with Gasteiger partial charge in [-0.2, -0.15) is 0 Å².